The van der Waals surface area contributed by atoms with Crippen LogP contribution in [-0.4, -0.2) is 46.7 Å². The average molecular weight is 449 g/mol. The Balaban J connectivity index is 1.82. The van der Waals surface area contributed by atoms with Crippen molar-refractivity contribution in [3.63, 3.8) is 0 Å². The third-order valence-electron chi connectivity index (χ3n) is 5.43. The zero-order valence-electron chi connectivity index (χ0n) is 19.6. The Hall–Kier alpha value is -3.61. The molecule has 0 unspecified atom stereocenters. The standard InChI is InChI=1S/C26H32N4O3/c1-4-6-8-13-26(32)29(5-2)19-25(31)27-24-18-23(20-11-9-7-10-12-20)28-30(24)21-14-16-22(33-3)17-15-21/h7,9-12,14-18H,4-6,8,13,19H2,1-3H3,(H,27,31). The Labute approximate surface area is 195 Å². The van der Waals surface area contributed by atoms with Crippen molar-refractivity contribution in [1.82, 2.24) is 14.7 Å². The van der Waals surface area contributed by atoms with Crippen LogP contribution in [0.1, 0.15) is 39.5 Å². The third-order valence-corrected chi connectivity index (χ3v) is 5.43. The van der Waals surface area contributed by atoms with Crippen LogP contribution in [0.2, 0.25) is 0 Å². The first kappa shape index (κ1) is 24.0. The Bertz CT molecular complexity index is 1050. The van der Waals surface area contributed by atoms with Crippen molar-refractivity contribution in [1.29, 1.82) is 0 Å². The minimum absolute atomic E-state index is 0.00902. The van der Waals surface area contributed by atoms with E-state index in [-0.39, 0.29) is 18.4 Å². The van der Waals surface area contributed by atoms with Gasteiger partial charge in [0.2, 0.25) is 11.8 Å². The zero-order chi connectivity index (χ0) is 23.6. The normalized spacial score (nSPS) is 10.6. The van der Waals surface area contributed by atoms with Gasteiger partial charge in [0.25, 0.3) is 0 Å². The van der Waals surface area contributed by atoms with Gasteiger partial charge >= 0.3 is 0 Å². The minimum atomic E-state index is -0.255. The SMILES string of the molecule is CCCCCC(=O)N(CC)CC(=O)Nc1cc(-c2ccccc2)nn1-c1ccc(OC)cc1. The van der Waals surface area contributed by atoms with Crippen LogP contribution < -0.4 is 10.1 Å². The van der Waals surface area contributed by atoms with E-state index in [2.05, 4.69) is 12.2 Å². The highest BCUT2D eigenvalue weighted by molar-refractivity contribution is 5.94. The first-order valence-electron chi connectivity index (χ1n) is 11.4. The molecule has 0 spiro atoms. The fourth-order valence-electron chi connectivity index (χ4n) is 3.56. The highest BCUT2D eigenvalue weighted by atomic mass is 16.5. The van der Waals surface area contributed by atoms with Gasteiger partial charge in [0, 0.05) is 24.6 Å². The summed E-state index contributed by atoms with van der Waals surface area (Å²) in [6.07, 6.45) is 3.38. The van der Waals surface area contributed by atoms with E-state index in [4.69, 9.17) is 9.84 Å². The van der Waals surface area contributed by atoms with E-state index in [0.29, 0.717) is 18.8 Å². The molecule has 7 heteroatoms. The predicted molar refractivity (Wildman–Crippen MR) is 131 cm³/mol. The van der Waals surface area contributed by atoms with E-state index in [9.17, 15) is 9.59 Å². The molecular formula is C26H32N4O3. The van der Waals surface area contributed by atoms with E-state index in [0.717, 1.165) is 42.0 Å². The number of ether oxygens (including phenoxy) is 1. The van der Waals surface area contributed by atoms with E-state index >= 15 is 0 Å². The second-order valence-electron chi connectivity index (χ2n) is 7.80. The van der Waals surface area contributed by atoms with Gasteiger partial charge in [-0.3, -0.25) is 9.59 Å². The van der Waals surface area contributed by atoms with Gasteiger partial charge < -0.3 is 15.0 Å². The lowest BCUT2D eigenvalue weighted by Gasteiger charge is -2.20. The molecule has 0 atom stereocenters. The van der Waals surface area contributed by atoms with Crippen molar-refractivity contribution in [2.24, 2.45) is 0 Å². The maximum Gasteiger partial charge on any atom is 0.245 e. The summed E-state index contributed by atoms with van der Waals surface area (Å²) in [5.41, 5.74) is 2.47. The predicted octanol–water partition coefficient (Wildman–Crippen LogP) is 4.92. The third kappa shape index (κ3) is 6.44. The summed E-state index contributed by atoms with van der Waals surface area (Å²) in [7, 11) is 1.62. The van der Waals surface area contributed by atoms with Gasteiger partial charge in [-0.15, -0.1) is 0 Å². The molecule has 0 fully saturated rings. The number of carbonyl (C=O) groups excluding carboxylic acids is 2. The molecule has 0 radical (unpaired) electrons. The van der Waals surface area contributed by atoms with Crippen molar-refractivity contribution < 1.29 is 14.3 Å². The number of benzene rings is 2. The second kappa shape index (κ2) is 11.9. The van der Waals surface area contributed by atoms with E-state index < -0.39 is 0 Å². The molecule has 0 saturated carbocycles. The van der Waals surface area contributed by atoms with Crippen LogP contribution in [0.15, 0.2) is 60.7 Å². The summed E-state index contributed by atoms with van der Waals surface area (Å²) < 4.78 is 6.94. The molecule has 33 heavy (non-hydrogen) atoms. The quantitative estimate of drug-likeness (QED) is 0.423. The summed E-state index contributed by atoms with van der Waals surface area (Å²) in [5, 5.41) is 7.68. The number of carbonyl (C=O) groups is 2. The van der Waals surface area contributed by atoms with E-state index in [1.807, 2.05) is 67.6 Å². The van der Waals surface area contributed by atoms with Crippen LogP contribution in [0.4, 0.5) is 5.82 Å². The van der Waals surface area contributed by atoms with Crippen LogP contribution in [0.5, 0.6) is 5.75 Å². The molecule has 0 saturated heterocycles. The highest BCUT2D eigenvalue weighted by Crippen LogP contribution is 2.25. The molecule has 7 nitrogen and oxygen atoms in total. The topological polar surface area (TPSA) is 76.5 Å². The number of unbranched alkanes of at least 4 members (excludes halogenated alkanes) is 2. The Kier molecular flexibility index (Phi) is 8.63. The lowest BCUT2D eigenvalue weighted by Crippen LogP contribution is -2.38. The fourth-order valence-corrected chi connectivity index (χ4v) is 3.56. The number of hydrogen-bond donors (Lipinski definition) is 1. The number of methoxy groups -OCH3 is 1. The van der Waals surface area contributed by atoms with Gasteiger partial charge in [-0.25, -0.2) is 4.68 Å². The molecule has 1 aromatic heterocycles. The van der Waals surface area contributed by atoms with E-state index in [1.54, 1.807) is 16.7 Å². The lowest BCUT2D eigenvalue weighted by atomic mass is 10.1. The van der Waals surface area contributed by atoms with Gasteiger partial charge in [0.05, 0.1) is 25.0 Å². The number of amides is 2. The first-order valence-corrected chi connectivity index (χ1v) is 11.4. The summed E-state index contributed by atoms with van der Waals surface area (Å²) in [6.45, 7) is 4.49. The largest absolute Gasteiger partial charge is 0.497 e. The van der Waals surface area contributed by atoms with Crippen molar-refractivity contribution in [2.45, 2.75) is 39.5 Å². The van der Waals surface area contributed by atoms with Gasteiger partial charge in [-0.2, -0.15) is 5.10 Å². The molecular weight excluding hydrogens is 416 g/mol. The van der Waals surface area contributed by atoms with Crippen LogP contribution in [0.25, 0.3) is 16.9 Å². The van der Waals surface area contributed by atoms with Gasteiger partial charge in [0.15, 0.2) is 0 Å². The summed E-state index contributed by atoms with van der Waals surface area (Å²) in [5.74, 6) is 1.03. The monoisotopic (exact) mass is 448 g/mol. The molecule has 174 valence electrons. The van der Waals surface area contributed by atoms with Gasteiger partial charge in [-0.1, -0.05) is 50.1 Å². The maximum absolute atomic E-state index is 12.9. The van der Waals surface area contributed by atoms with Crippen LogP contribution in [0, 0.1) is 0 Å². The molecule has 3 rings (SSSR count). The number of likely N-dealkylation sites (N-methyl/N-ethyl adjacent to an activating group) is 1. The minimum Gasteiger partial charge on any atom is -0.497 e. The maximum atomic E-state index is 12.9. The molecule has 2 aromatic carbocycles. The second-order valence-corrected chi connectivity index (χ2v) is 7.80. The first-order chi connectivity index (χ1) is 16.0. The molecule has 0 aliphatic heterocycles. The molecule has 0 aliphatic rings. The summed E-state index contributed by atoms with van der Waals surface area (Å²) >= 11 is 0. The smallest absolute Gasteiger partial charge is 0.245 e. The number of nitrogens with one attached hydrogen (secondary N) is 1. The van der Waals surface area contributed by atoms with E-state index in [1.165, 1.54) is 0 Å². The average Bonchev–Trinajstić information content (AvgIpc) is 3.26. The highest BCUT2D eigenvalue weighted by Gasteiger charge is 2.18. The molecule has 0 aliphatic carbocycles. The Morgan fingerprint density at radius 2 is 1.76 bits per heavy atom. The number of hydrogen-bond acceptors (Lipinski definition) is 4. The molecule has 1 heterocycles. The fraction of sp³-hybridized carbons (Fsp3) is 0.346. The molecule has 0 bridgehead atoms. The Morgan fingerprint density at radius 1 is 1.03 bits per heavy atom. The summed E-state index contributed by atoms with van der Waals surface area (Å²) in [4.78, 5) is 27.0. The molecule has 1 N–H and O–H groups in total. The molecule has 3 aromatic rings. The van der Waals surface area contributed by atoms with Gasteiger partial charge in [-0.05, 0) is 37.6 Å². The Morgan fingerprint density at radius 3 is 2.39 bits per heavy atom. The zero-order valence-corrected chi connectivity index (χ0v) is 19.6. The number of nitrogens with zero attached hydrogens (tertiary/aromatic N) is 3. The number of rotatable bonds is 11. The summed E-state index contributed by atoms with van der Waals surface area (Å²) in [6, 6.07) is 19.1. The van der Waals surface area contributed by atoms with Crippen molar-refractivity contribution >= 4 is 17.6 Å². The van der Waals surface area contributed by atoms with Gasteiger partial charge in [0.1, 0.15) is 11.6 Å². The van der Waals surface area contributed by atoms with Crippen molar-refractivity contribution in [3.8, 4) is 22.7 Å². The van der Waals surface area contributed by atoms with Crippen molar-refractivity contribution in [2.75, 3.05) is 25.5 Å². The lowest BCUT2D eigenvalue weighted by molar-refractivity contribution is -0.134. The van der Waals surface area contributed by atoms with Crippen molar-refractivity contribution in [3.05, 3.63) is 60.7 Å². The van der Waals surface area contributed by atoms with Crippen LogP contribution in [-0.2, 0) is 9.59 Å². The molecule has 2 amide bonds. The number of aromatic nitrogens is 2. The van der Waals surface area contributed by atoms with Crippen LogP contribution >= 0.6 is 0 Å². The van der Waals surface area contributed by atoms with Crippen LogP contribution in [0.3, 0.4) is 0 Å². The number of anilines is 1.